The fourth-order valence-electron chi connectivity index (χ4n) is 3.97. The number of hydrogen-bond donors (Lipinski definition) is 2. The Morgan fingerprint density at radius 2 is 1.79 bits per heavy atom. The average molecular weight is 377 g/mol. The number of aryl methyl sites for hydroxylation is 2. The average Bonchev–Trinajstić information content (AvgIpc) is 3.01. The van der Waals surface area contributed by atoms with Crippen molar-refractivity contribution in [1.82, 2.24) is 15.0 Å². The van der Waals surface area contributed by atoms with Crippen LogP contribution in [0.1, 0.15) is 25.1 Å². The quantitative estimate of drug-likeness (QED) is 0.703. The van der Waals surface area contributed by atoms with Crippen LogP contribution in [0, 0.1) is 13.8 Å². The first kappa shape index (κ1) is 18.5. The maximum atomic E-state index is 5.63. The van der Waals surface area contributed by atoms with E-state index >= 15 is 0 Å². The zero-order valence-corrected chi connectivity index (χ0v) is 16.9. The molecule has 1 aliphatic rings. The number of ether oxygens (including phenoxy) is 1. The number of benzene rings is 1. The van der Waals surface area contributed by atoms with Gasteiger partial charge in [-0.1, -0.05) is 0 Å². The molecule has 3 aromatic rings. The molecular formula is C22H27N5O. The van der Waals surface area contributed by atoms with Crippen molar-refractivity contribution < 1.29 is 4.74 Å². The fourth-order valence-corrected chi connectivity index (χ4v) is 3.97. The minimum absolute atomic E-state index is 0.371. The Morgan fingerprint density at radius 1 is 1.07 bits per heavy atom. The van der Waals surface area contributed by atoms with Gasteiger partial charge in [-0.15, -0.1) is 0 Å². The lowest BCUT2D eigenvalue weighted by Crippen LogP contribution is -2.49. The van der Waals surface area contributed by atoms with Crippen molar-refractivity contribution in [3.63, 3.8) is 0 Å². The maximum absolute atomic E-state index is 5.63. The molecule has 0 spiro atoms. The van der Waals surface area contributed by atoms with E-state index in [-0.39, 0.29) is 0 Å². The standard InChI is InChI=1S/C22H27N5O/c1-14-11-24-17(4)21(14)20-9-10-23-22(26-20)25-18-5-7-19(8-6-18)27-15(2)12-28-13-16(27)3/h5-11,15-16,24H,12-13H2,1-4H3,(H,23,25,26). The van der Waals surface area contributed by atoms with Crippen LogP contribution in [0.25, 0.3) is 11.3 Å². The van der Waals surface area contributed by atoms with Crippen molar-refractivity contribution in [3.8, 4) is 11.3 Å². The van der Waals surface area contributed by atoms with Crippen molar-refractivity contribution in [2.24, 2.45) is 0 Å². The zero-order valence-electron chi connectivity index (χ0n) is 16.9. The number of anilines is 3. The number of aromatic nitrogens is 3. The van der Waals surface area contributed by atoms with Gasteiger partial charge in [-0.25, -0.2) is 9.97 Å². The van der Waals surface area contributed by atoms with E-state index in [2.05, 4.69) is 72.1 Å². The minimum atomic E-state index is 0.371. The first-order chi connectivity index (χ1) is 13.5. The number of H-pyrrole nitrogens is 1. The van der Waals surface area contributed by atoms with Gasteiger partial charge in [0.2, 0.25) is 5.95 Å². The molecule has 1 aromatic carbocycles. The van der Waals surface area contributed by atoms with Crippen LogP contribution >= 0.6 is 0 Å². The molecule has 0 saturated carbocycles. The summed E-state index contributed by atoms with van der Waals surface area (Å²) in [6.45, 7) is 10.1. The first-order valence-electron chi connectivity index (χ1n) is 9.74. The van der Waals surface area contributed by atoms with Crippen LogP contribution in [0.15, 0.2) is 42.7 Å². The predicted octanol–water partition coefficient (Wildman–Crippen LogP) is 4.45. The molecule has 0 radical (unpaired) electrons. The van der Waals surface area contributed by atoms with Crippen LogP contribution in [0.2, 0.25) is 0 Å². The van der Waals surface area contributed by atoms with Crippen LogP contribution < -0.4 is 10.2 Å². The first-order valence-corrected chi connectivity index (χ1v) is 9.74. The minimum Gasteiger partial charge on any atom is -0.377 e. The lowest BCUT2D eigenvalue weighted by molar-refractivity contribution is 0.0757. The lowest BCUT2D eigenvalue weighted by Gasteiger charge is -2.40. The molecule has 6 heteroatoms. The molecule has 0 aliphatic carbocycles. The van der Waals surface area contributed by atoms with Crippen molar-refractivity contribution in [3.05, 3.63) is 54.0 Å². The molecule has 146 valence electrons. The second-order valence-electron chi connectivity index (χ2n) is 7.55. The summed E-state index contributed by atoms with van der Waals surface area (Å²) < 4.78 is 5.63. The Balaban J connectivity index is 1.53. The molecule has 4 rings (SSSR count). The number of morpholine rings is 1. The highest BCUT2D eigenvalue weighted by Crippen LogP contribution is 2.28. The Bertz CT molecular complexity index is 920. The van der Waals surface area contributed by atoms with Crippen LogP contribution in [-0.4, -0.2) is 40.2 Å². The third-order valence-electron chi connectivity index (χ3n) is 5.28. The highest BCUT2D eigenvalue weighted by atomic mass is 16.5. The van der Waals surface area contributed by atoms with E-state index in [4.69, 9.17) is 9.72 Å². The SMILES string of the molecule is Cc1c[nH]c(C)c1-c1ccnc(Nc2ccc(N3C(C)COCC3C)cc2)n1. The number of nitrogens with zero attached hydrogens (tertiary/aromatic N) is 3. The van der Waals surface area contributed by atoms with E-state index in [1.54, 1.807) is 6.20 Å². The normalized spacial score (nSPS) is 19.6. The Morgan fingerprint density at radius 3 is 2.43 bits per heavy atom. The summed E-state index contributed by atoms with van der Waals surface area (Å²) in [6, 6.07) is 11.1. The second-order valence-corrected chi connectivity index (χ2v) is 7.55. The molecule has 2 atom stereocenters. The largest absolute Gasteiger partial charge is 0.377 e. The number of nitrogens with one attached hydrogen (secondary N) is 2. The van der Waals surface area contributed by atoms with Crippen molar-refractivity contribution in [2.45, 2.75) is 39.8 Å². The van der Waals surface area contributed by atoms with E-state index < -0.39 is 0 Å². The van der Waals surface area contributed by atoms with Crippen LogP contribution in [0.5, 0.6) is 0 Å². The summed E-state index contributed by atoms with van der Waals surface area (Å²) in [5.41, 5.74) is 6.53. The van der Waals surface area contributed by atoms with Crippen LogP contribution in [-0.2, 0) is 4.74 Å². The van der Waals surface area contributed by atoms with E-state index in [1.165, 1.54) is 11.3 Å². The molecule has 0 bridgehead atoms. The zero-order chi connectivity index (χ0) is 19.7. The van der Waals surface area contributed by atoms with E-state index in [0.717, 1.165) is 35.9 Å². The van der Waals surface area contributed by atoms with Crippen molar-refractivity contribution >= 4 is 17.3 Å². The van der Waals surface area contributed by atoms with Crippen LogP contribution in [0.3, 0.4) is 0 Å². The van der Waals surface area contributed by atoms with Gasteiger partial charge in [0, 0.05) is 47.1 Å². The second kappa shape index (κ2) is 7.64. The Hall–Kier alpha value is -2.86. The number of rotatable bonds is 4. The van der Waals surface area contributed by atoms with Gasteiger partial charge in [-0.05, 0) is 63.6 Å². The van der Waals surface area contributed by atoms with Gasteiger partial charge in [-0.3, -0.25) is 0 Å². The van der Waals surface area contributed by atoms with Crippen molar-refractivity contribution in [1.29, 1.82) is 0 Å². The Labute approximate surface area is 166 Å². The molecule has 1 aliphatic heterocycles. The summed E-state index contributed by atoms with van der Waals surface area (Å²) in [6.07, 6.45) is 3.80. The highest BCUT2D eigenvalue weighted by molar-refractivity contribution is 5.68. The molecule has 2 N–H and O–H groups in total. The topological polar surface area (TPSA) is 66.1 Å². The number of aromatic amines is 1. The summed E-state index contributed by atoms with van der Waals surface area (Å²) >= 11 is 0. The van der Waals surface area contributed by atoms with E-state index in [0.29, 0.717) is 18.0 Å². The molecule has 0 amide bonds. The Kier molecular flexibility index (Phi) is 5.05. The smallest absolute Gasteiger partial charge is 0.227 e. The van der Waals surface area contributed by atoms with Gasteiger partial charge in [0.05, 0.1) is 18.9 Å². The molecule has 3 heterocycles. The summed E-state index contributed by atoms with van der Waals surface area (Å²) in [7, 11) is 0. The molecule has 1 saturated heterocycles. The van der Waals surface area contributed by atoms with Crippen LogP contribution in [0.4, 0.5) is 17.3 Å². The van der Waals surface area contributed by atoms with Gasteiger partial charge in [0.25, 0.3) is 0 Å². The monoisotopic (exact) mass is 377 g/mol. The summed E-state index contributed by atoms with van der Waals surface area (Å²) in [5.74, 6) is 0.596. The molecule has 6 nitrogen and oxygen atoms in total. The van der Waals surface area contributed by atoms with E-state index in [9.17, 15) is 0 Å². The molecular weight excluding hydrogens is 350 g/mol. The van der Waals surface area contributed by atoms with Crippen molar-refractivity contribution in [2.75, 3.05) is 23.4 Å². The fraction of sp³-hybridized carbons (Fsp3) is 0.364. The van der Waals surface area contributed by atoms with Gasteiger partial charge >= 0.3 is 0 Å². The molecule has 28 heavy (non-hydrogen) atoms. The van der Waals surface area contributed by atoms with Gasteiger partial charge in [0.15, 0.2) is 0 Å². The molecule has 1 fully saturated rings. The lowest BCUT2D eigenvalue weighted by atomic mass is 10.1. The molecule has 2 unspecified atom stereocenters. The summed E-state index contributed by atoms with van der Waals surface area (Å²) in [4.78, 5) is 14.8. The highest BCUT2D eigenvalue weighted by Gasteiger charge is 2.25. The predicted molar refractivity (Wildman–Crippen MR) is 113 cm³/mol. The van der Waals surface area contributed by atoms with Gasteiger partial charge < -0.3 is 19.9 Å². The number of hydrogen-bond acceptors (Lipinski definition) is 5. The third-order valence-corrected chi connectivity index (χ3v) is 5.28. The molecule has 2 aromatic heterocycles. The third kappa shape index (κ3) is 3.60. The van der Waals surface area contributed by atoms with E-state index in [1.807, 2.05) is 12.3 Å². The van der Waals surface area contributed by atoms with Gasteiger partial charge in [-0.2, -0.15) is 0 Å². The summed E-state index contributed by atoms with van der Waals surface area (Å²) in [5, 5.41) is 3.32. The maximum Gasteiger partial charge on any atom is 0.227 e. The van der Waals surface area contributed by atoms with Gasteiger partial charge in [0.1, 0.15) is 0 Å².